The van der Waals surface area contributed by atoms with E-state index in [4.69, 9.17) is 14.0 Å². The summed E-state index contributed by atoms with van der Waals surface area (Å²) in [5, 5.41) is 0. The minimum Gasteiger partial charge on any atom is -0.539 e. The third-order valence-electron chi connectivity index (χ3n) is 3.34. The Morgan fingerprint density at radius 1 is 1.25 bits per heavy atom. The molecule has 16 heavy (non-hydrogen) atoms. The van der Waals surface area contributed by atoms with E-state index in [-0.39, 0.29) is 5.41 Å². The molecule has 4 nitrogen and oxygen atoms in total. The lowest BCUT2D eigenvalue weighted by Crippen LogP contribution is -2.70. The number of nitrogens with zero attached hydrogens (tertiary/aromatic N) is 1. The van der Waals surface area contributed by atoms with Crippen LogP contribution in [0, 0.1) is 12.3 Å². The predicted octanol–water partition coefficient (Wildman–Crippen LogP) is 0.619. The predicted molar refractivity (Wildman–Crippen MR) is 60.3 cm³/mol. The summed E-state index contributed by atoms with van der Waals surface area (Å²) in [4.78, 5) is 4.35. The van der Waals surface area contributed by atoms with Gasteiger partial charge >= 0.3 is 6.75 Å². The molecular weight excluding hydrogens is 205 g/mol. The number of fused-ring (bicyclic) bond motifs is 3. The van der Waals surface area contributed by atoms with Crippen LogP contribution in [0.3, 0.4) is 0 Å². The molecule has 0 unspecified atom stereocenters. The van der Waals surface area contributed by atoms with E-state index in [2.05, 4.69) is 11.9 Å². The first kappa shape index (κ1) is 10.3. The van der Waals surface area contributed by atoms with Gasteiger partial charge in [0.15, 0.2) is 0 Å². The van der Waals surface area contributed by atoms with E-state index in [0.717, 1.165) is 11.2 Å². The molecule has 3 fully saturated rings. The zero-order valence-electron chi connectivity index (χ0n) is 9.60. The van der Waals surface area contributed by atoms with Gasteiger partial charge in [0.2, 0.25) is 0 Å². The molecule has 0 atom stereocenters. The van der Waals surface area contributed by atoms with Crippen molar-refractivity contribution in [1.82, 2.24) is 4.98 Å². The van der Waals surface area contributed by atoms with Crippen LogP contribution in [0.15, 0.2) is 18.3 Å². The van der Waals surface area contributed by atoms with E-state index >= 15 is 0 Å². The SMILES string of the molecule is Cc1cccnc1[B-]12OCC(C)(CO1)CO2. The Kier molecular flexibility index (Phi) is 2.11. The third-order valence-corrected chi connectivity index (χ3v) is 3.34. The second-order valence-corrected chi connectivity index (χ2v) is 5.09. The Bertz CT molecular complexity index is 399. The van der Waals surface area contributed by atoms with Gasteiger partial charge in [0.25, 0.3) is 0 Å². The Labute approximate surface area is 94.9 Å². The van der Waals surface area contributed by atoms with Crippen LogP contribution in [0.5, 0.6) is 0 Å². The average molecular weight is 220 g/mol. The van der Waals surface area contributed by atoms with E-state index in [1.165, 1.54) is 0 Å². The lowest BCUT2D eigenvalue weighted by molar-refractivity contribution is -0.119. The Balaban J connectivity index is 1.99. The second-order valence-electron chi connectivity index (χ2n) is 5.09. The monoisotopic (exact) mass is 220 g/mol. The summed E-state index contributed by atoms with van der Waals surface area (Å²) in [6.07, 6.45) is 1.75. The van der Waals surface area contributed by atoms with Crippen molar-refractivity contribution in [2.24, 2.45) is 5.41 Å². The minimum atomic E-state index is -1.79. The number of rotatable bonds is 1. The van der Waals surface area contributed by atoms with Gasteiger partial charge in [-0.2, -0.15) is 0 Å². The molecule has 0 aliphatic carbocycles. The molecule has 3 aliphatic rings. The van der Waals surface area contributed by atoms with Gasteiger partial charge in [-0.1, -0.05) is 18.6 Å². The van der Waals surface area contributed by atoms with Crippen molar-refractivity contribution < 1.29 is 14.0 Å². The summed E-state index contributed by atoms with van der Waals surface area (Å²) < 4.78 is 17.4. The summed E-state index contributed by atoms with van der Waals surface area (Å²) in [7, 11) is 0. The zero-order valence-corrected chi connectivity index (χ0v) is 9.60. The first-order valence-electron chi connectivity index (χ1n) is 5.61. The largest absolute Gasteiger partial charge is 0.539 e. The molecule has 2 bridgehead atoms. The summed E-state index contributed by atoms with van der Waals surface area (Å²) in [5.41, 5.74) is 1.85. The van der Waals surface area contributed by atoms with Crippen molar-refractivity contribution in [1.29, 1.82) is 0 Å². The van der Waals surface area contributed by atoms with Crippen LogP contribution >= 0.6 is 0 Å². The van der Waals surface area contributed by atoms with Crippen LogP contribution in [0.1, 0.15) is 12.5 Å². The second kappa shape index (κ2) is 3.29. The molecule has 4 rings (SSSR count). The van der Waals surface area contributed by atoms with Crippen molar-refractivity contribution in [3.8, 4) is 0 Å². The fourth-order valence-electron chi connectivity index (χ4n) is 2.31. The van der Waals surface area contributed by atoms with Crippen molar-refractivity contribution >= 4 is 12.3 Å². The first-order chi connectivity index (χ1) is 7.64. The summed E-state index contributed by atoms with van der Waals surface area (Å²) in [6.45, 7) is 4.37. The van der Waals surface area contributed by atoms with Crippen LogP contribution in [-0.2, 0) is 14.0 Å². The highest BCUT2D eigenvalue weighted by atomic mass is 16.8. The quantitative estimate of drug-likeness (QED) is 0.650. The van der Waals surface area contributed by atoms with Gasteiger partial charge in [0, 0.05) is 31.4 Å². The van der Waals surface area contributed by atoms with Gasteiger partial charge in [-0.05, 0) is 18.6 Å². The van der Waals surface area contributed by atoms with Crippen LogP contribution in [0.25, 0.3) is 0 Å². The number of hydrogen-bond acceptors (Lipinski definition) is 4. The van der Waals surface area contributed by atoms with Gasteiger partial charge in [-0.15, -0.1) is 0 Å². The average Bonchev–Trinajstić information content (AvgIpc) is 2.31. The van der Waals surface area contributed by atoms with Gasteiger partial charge in [0.05, 0.1) is 0 Å². The molecular formula is C11H15BNO3-. The van der Waals surface area contributed by atoms with Gasteiger partial charge in [-0.3, -0.25) is 4.98 Å². The topological polar surface area (TPSA) is 40.6 Å². The van der Waals surface area contributed by atoms with E-state index in [0.29, 0.717) is 19.8 Å². The molecule has 5 heteroatoms. The first-order valence-corrected chi connectivity index (χ1v) is 5.61. The molecule has 3 saturated heterocycles. The highest BCUT2D eigenvalue weighted by Crippen LogP contribution is 2.34. The summed E-state index contributed by atoms with van der Waals surface area (Å²) in [5.74, 6) is 0. The molecule has 0 amide bonds. The van der Waals surface area contributed by atoms with Gasteiger partial charge in [0.1, 0.15) is 0 Å². The Morgan fingerprint density at radius 3 is 2.44 bits per heavy atom. The van der Waals surface area contributed by atoms with Gasteiger partial charge < -0.3 is 14.0 Å². The summed E-state index contributed by atoms with van der Waals surface area (Å²) >= 11 is 0. The highest BCUT2D eigenvalue weighted by molar-refractivity contribution is 6.75. The fourth-order valence-corrected chi connectivity index (χ4v) is 2.31. The molecule has 86 valence electrons. The zero-order chi connectivity index (χ0) is 11.2. The van der Waals surface area contributed by atoms with Crippen molar-refractivity contribution in [2.45, 2.75) is 13.8 Å². The maximum atomic E-state index is 5.79. The van der Waals surface area contributed by atoms with Crippen molar-refractivity contribution in [3.05, 3.63) is 23.9 Å². The van der Waals surface area contributed by atoms with Crippen molar-refractivity contribution in [2.75, 3.05) is 19.8 Å². The normalized spacial score (nSPS) is 37.6. The van der Waals surface area contributed by atoms with E-state index in [1.54, 1.807) is 6.20 Å². The molecule has 0 aromatic carbocycles. The van der Waals surface area contributed by atoms with E-state index in [9.17, 15) is 0 Å². The number of hydrogen-bond donors (Lipinski definition) is 0. The molecule has 1 aromatic rings. The molecule has 3 aliphatic heterocycles. The minimum absolute atomic E-state index is 0.00614. The standard InChI is InChI=1S/C11H15BNO3/c1-9-4-3-5-13-10(9)12-14-6-11(2,7-15-12)8-16-12/h3-5H,6-8H2,1-2H3/q-1. The Morgan fingerprint density at radius 2 is 1.88 bits per heavy atom. The smallest absolute Gasteiger partial charge is 0.427 e. The number of aryl methyl sites for hydroxylation is 1. The van der Waals surface area contributed by atoms with Crippen LogP contribution in [0.4, 0.5) is 0 Å². The fraction of sp³-hybridized carbons (Fsp3) is 0.545. The lowest BCUT2D eigenvalue weighted by atomic mass is 9.66. The summed E-state index contributed by atoms with van der Waals surface area (Å²) in [6, 6.07) is 3.90. The molecule has 0 radical (unpaired) electrons. The maximum Gasteiger partial charge on any atom is 0.427 e. The van der Waals surface area contributed by atoms with E-state index < -0.39 is 6.75 Å². The maximum absolute atomic E-state index is 5.79. The van der Waals surface area contributed by atoms with Crippen LogP contribution in [0.2, 0.25) is 0 Å². The molecule has 0 N–H and O–H groups in total. The van der Waals surface area contributed by atoms with Crippen molar-refractivity contribution in [3.63, 3.8) is 0 Å². The molecule has 0 spiro atoms. The third kappa shape index (κ3) is 1.39. The van der Waals surface area contributed by atoms with Crippen LogP contribution < -0.4 is 5.59 Å². The van der Waals surface area contributed by atoms with Gasteiger partial charge in [-0.25, -0.2) is 0 Å². The highest BCUT2D eigenvalue weighted by Gasteiger charge is 2.48. The number of aromatic nitrogens is 1. The Hall–Kier alpha value is -0.905. The molecule has 0 saturated carbocycles. The molecule has 4 heterocycles. The molecule has 1 aromatic heterocycles. The van der Waals surface area contributed by atoms with E-state index in [1.807, 2.05) is 19.1 Å². The number of pyridine rings is 1. The lowest BCUT2D eigenvalue weighted by Gasteiger charge is -2.57. The van der Waals surface area contributed by atoms with Crippen LogP contribution in [-0.4, -0.2) is 31.6 Å².